The van der Waals surface area contributed by atoms with Gasteiger partial charge in [0, 0.05) is 0 Å². The molecular formula is C7H7F3N2O. The molecule has 0 saturated carbocycles. The first-order chi connectivity index (χ1) is 6.04. The maximum Gasteiger partial charge on any atom is 0.433 e. The number of alkyl halides is 3. The maximum atomic E-state index is 12.1. The molecule has 0 saturated heterocycles. The second kappa shape index (κ2) is 3.71. The predicted molar refractivity (Wildman–Crippen MR) is 38.2 cm³/mol. The Morgan fingerprint density at radius 1 is 1.38 bits per heavy atom. The lowest BCUT2D eigenvalue weighted by atomic mass is 10.3. The van der Waals surface area contributed by atoms with E-state index in [0.717, 1.165) is 6.07 Å². The van der Waals surface area contributed by atoms with Gasteiger partial charge in [-0.1, -0.05) is 6.07 Å². The largest absolute Gasteiger partial charge is 0.433 e. The van der Waals surface area contributed by atoms with Gasteiger partial charge in [0.15, 0.2) is 0 Å². The molecule has 0 amide bonds. The van der Waals surface area contributed by atoms with Crippen molar-refractivity contribution in [3.8, 4) is 0 Å². The number of nitrogens with zero attached hydrogens (tertiary/aromatic N) is 1. The Balaban J connectivity index is 2.92. The fraction of sp³-hybridized carbons (Fsp3) is 0.286. The van der Waals surface area contributed by atoms with Gasteiger partial charge in [-0.15, -0.1) is 0 Å². The van der Waals surface area contributed by atoms with Crippen LogP contribution in [0.2, 0.25) is 0 Å². The van der Waals surface area contributed by atoms with E-state index in [-0.39, 0.29) is 12.3 Å². The predicted octanol–water partition coefficient (Wildman–Crippen LogP) is 1.49. The van der Waals surface area contributed by atoms with Gasteiger partial charge in [-0.25, -0.2) is 10.9 Å². The lowest BCUT2D eigenvalue weighted by Crippen LogP contribution is -2.10. The average Bonchev–Trinajstić information content (AvgIpc) is 2.04. The minimum atomic E-state index is -4.43. The summed E-state index contributed by atoms with van der Waals surface area (Å²) >= 11 is 0. The van der Waals surface area contributed by atoms with Gasteiger partial charge in [-0.2, -0.15) is 13.2 Å². The number of nitrogens with two attached hydrogens (primary N) is 1. The third kappa shape index (κ3) is 2.67. The van der Waals surface area contributed by atoms with E-state index < -0.39 is 11.9 Å². The molecular weight excluding hydrogens is 185 g/mol. The molecule has 72 valence electrons. The van der Waals surface area contributed by atoms with Crippen LogP contribution in [0.3, 0.4) is 0 Å². The van der Waals surface area contributed by atoms with Crippen molar-refractivity contribution in [3.05, 3.63) is 29.6 Å². The molecule has 0 fully saturated rings. The van der Waals surface area contributed by atoms with Crippen LogP contribution < -0.4 is 5.90 Å². The van der Waals surface area contributed by atoms with Crippen molar-refractivity contribution in [3.63, 3.8) is 0 Å². The van der Waals surface area contributed by atoms with Crippen LogP contribution in [0.1, 0.15) is 11.4 Å². The number of aromatic nitrogens is 1. The van der Waals surface area contributed by atoms with Gasteiger partial charge in [0.1, 0.15) is 12.3 Å². The van der Waals surface area contributed by atoms with Crippen LogP contribution in [0.25, 0.3) is 0 Å². The fourth-order valence-electron chi connectivity index (χ4n) is 0.803. The SMILES string of the molecule is NOCc1cccc(C(F)(F)F)n1. The zero-order chi connectivity index (χ0) is 9.90. The van der Waals surface area contributed by atoms with Crippen LogP contribution in [0.15, 0.2) is 18.2 Å². The molecule has 0 aliphatic heterocycles. The van der Waals surface area contributed by atoms with Crippen molar-refractivity contribution in [1.82, 2.24) is 4.98 Å². The first-order valence-electron chi connectivity index (χ1n) is 3.39. The average molecular weight is 192 g/mol. The van der Waals surface area contributed by atoms with Gasteiger partial charge >= 0.3 is 6.18 Å². The van der Waals surface area contributed by atoms with Gasteiger partial charge in [0.05, 0.1) is 5.69 Å². The zero-order valence-electron chi connectivity index (χ0n) is 6.51. The van der Waals surface area contributed by atoms with E-state index in [4.69, 9.17) is 5.90 Å². The molecule has 1 aromatic heterocycles. The summed E-state index contributed by atoms with van der Waals surface area (Å²) in [4.78, 5) is 7.47. The Morgan fingerprint density at radius 3 is 2.62 bits per heavy atom. The van der Waals surface area contributed by atoms with Crippen LogP contribution in [0.5, 0.6) is 0 Å². The second-order valence-electron chi connectivity index (χ2n) is 2.32. The molecule has 3 nitrogen and oxygen atoms in total. The zero-order valence-corrected chi connectivity index (χ0v) is 6.51. The van der Waals surface area contributed by atoms with Crippen molar-refractivity contribution in [2.75, 3.05) is 0 Å². The molecule has 1 heterocycles. The number of hydrogen-bond donors (Lipinski definition) is 1. The van der Waals surface area contributed by atoms with Crippen molar-refractivity contribution in [1.29, 1.82) is 0 Å². The molecule has 0 spiro atoms. The van der Waals surface area contributed by atoms with E-state index in [9.17, 15) is 13.2 Å². The number of pyridine rings is 1. The van der Waals surface area contributed by atoms with Gasteiger partial charge in [0.25, 0.3) is 0 Å². The van der Waals surface area contributed by atoms with Crippen LogP contribution in [0.4, 0.5) is 13.2 Å². The normalized spacial score (nSPS) is 11.7. The smallest absolute Gasteiger partial charge is 0.298 e. The number of rotatable bonds is 2. The van der Waals surface area contributed by atoms with E-state index in [2.05, 4.69) is 9.82 Å². The van der Waals surface area contributed by atoms with E-state index in [0.29, 0.717) is 0 Å². The molecule has 0 bridgehead atoms. The molecule has 1 rings (SSSR count). The molecule has 6 heteroatoms. The quantitative estimate of drug-likeness (QED) is 0.722. The minimum Gasteiger partial charge on any atom is -0.298 e. The Hall–Kier alpha value is -1.14. The Morgan fingerprint density at radius 2 is 2.08 bits per heavy atom. The fourth-order valence-corrected chi connectivity index (χ4v) is 0.803. The van der Waals surface area contributed by atoms with Crippen molar-refractivity contribution < 1.29 is 18.0 Å². The van der Waals surface area contributed by atoms with Crippen molar-refractivity contribution in [2.24, 2.45) is 5.90 Å². The molecule has 0 radical (unpaired) electrons. The van der Waals surface area contributed by atoms with Crippen molar-refractivity contribution >= 4 is 0 Å². The highest BCUT2D eigenvalue weighted by Crippen LogP contribution is 2.27. The monoisotopic (exact) mass is 192 g/mol. The van der Waals surface area contributed by atoms with E-state index >= 15 is 0 Å². The molecule has 0 unspecified atom stereocenters. The summed E-state index contributed by atoms with van der Waals surface area (Å²) in [5, 5.41) is 0. The van der Waals surface area contributed by atoms with E-state index in [1.165, 1.54) is 12.1 Å². The highest BCUT2D eigenvalue weighted by molar-refractivity contribution is 5.12. The number of hydrogen-bond acceptors (Lipinski definition) is 3. The van der Waals surface area contributed by atoms with Crippen LogP contribution in [0, 0.1) is 0 Å². The molecule has 13 heavy (non-hydrogen) atoms. The Kier molecular flexibility index (Phi) is 2.84. The van der Waals surface area contributed by atoms with E-state index in [1.54, 1.807) is 0 Å². The molecule has 2 N–H and O–H groups in total. The molecule has 0 aromatic carbocycles. The summed E-state index contributed by atoms with van der Waals surface area (Å²) < 4.78 is 36.2. The molecule has 0 atom stereocenters. The second-order valence-corrected chi connectivity index (χ2v) is 2.32. The lowest BCUT2D eigenvalue weighted by molar-refractivity contribution is -0.141. The Bertz CT molecular complexity index is 287. The van der Waals surface area contributed by atoms with E-state index in [1.807, 2.05) is 0 Å². The van der Waals surface area contributed by atoms with Gasteiger partial charge in [-0.3, -0.25) is 4.84 Å². The van der Waals surface area contributed by atoms with Crippen LogP contribution >= 0.6 is 0 Å². The first kappa shape index (κ1) is 9.94. The topological polar surface area (TPSA) is 48.1 Å². The Labute approximate surface area is 72.3 Å². The molecule has 1 aromatic rings. The van der Waals surface area contributed by atoms with Crippen LogP contribution in [-0.4, -0.2) is 4.98 Å². The van der Waals surface area contributed by atoms with Gasteiger partial charge in [-0.05, 0) is 12.1 Å². The van der Waals surface area contributed by atoms with Gasteiger partial charge in [0.2, 0.25) is 0 Å². The molecule has 0 aliphatic rings. The minimum absolute atomic E-state index is 0.135. The first-order valence-corrected chi connectivity index (χ1v) is 3.39. The number of halogens is 3. The summed E-state index contributed by atoms with van der Waals surface area (Å²) in [5.41, 5.74) is -0.792. The summed E-state index contributed by atoms with van der Waals surface area (Å²) in [5.74, 6) is 4.70. The summed E-state index contributed by atoms with van der Waals surface area (Å²) in [6.07, 6.45) is -4.43. The van der Waals surface area contributed by atoms with Crippen LogP contribution in [-0.2, 0) is 17.6 Å². The highest BCUT2D eigenvalue weighted by Gasteiger charge is 2.32. The van der Waals surface area contributed by atoms with Gasteiger partial charge < -0.3 is 0 Å². The third-order valence-electron chi connectivity index (χ3n) is 1.33. The third-order valence-corrected chi connectivity index (χ3v) is 1.33. The summed E-state index contributed by atoms with van der Waals surface area (Å²) in [6, 6.07) is 3.55. The van der Waals surface area contributed by atoms with Crippen molar-refractivity contribution in [2.45, 2.75) is 12.8 Å². The molecule has 0 aliphatic carbocycles. The summed E-state index contributed by atoms with van der Waals surface area (Å²) in [7, 11) is 0. The lowest BCUT2D eigenvalue weighted by Gasteiger charge is -2.06. The highest BCUT2D eigenvalue weighted by atomic mass is 19.4. The summed E-state index contributed by atoms with van der Waals surface area (Å²) in [6.45, 7) is -0.135. The standard InChI is InChI=1S/C7H7F3N2O/c8-7(9,10)6-3-1-2-5(12-6)4-13-11/h1-3H,4,11H2. The maximum absolute atomic E-state index is 12.1.